The van der Waals surface area contributed by atoms with Gasteiger partial charge in [0.1, 0.15) is 31.5 Å². The third-order valence-corrected chi connectivity index (χ3v) is 8.46. The van der Waals surface area contributed by atoms with Crippen LogP contribution in [0.2, 0.25) is 0 Å². The van der Waals surface area contributed by atoms with E-state index < -0.39 is 28.5 Å². The Hall–Kier alpha value is -3.47. The molecule has 0 aromatic heterocycles. The summed E-state index contributed by atoms with van der Waals surface area (Å²) in [6.07, 6.45) is 6.54. The molecular weight excluding hydrogens is 534 g/mol. The van der Waals surface area contributed by atoms with Gasteiger partial charge in [-0.3, -0.25) is 13.9 Å². The number of hydrogen-bond acceptors (Lipinski definition) is 7. The first-order valence-corrected chi connectivity index (χ1v) is 15.6. The molecule has 1 N–H and O–H groups in total. The van der Waals surface area contributed by atoms with Gasteiger partial charge in [-0.1, -0.05) is 38.3 Å². The SMILES string of the molecule is CC[C@H](C(=O)NC1CCCCC1)N(Cc1cccc(OC)c1)C(=O)CN(c1ccc2c(c1)OCCO2)S(C)(=O)=O. The van der Waals surface area contributed by atoms with Gasteiger partial charge in [0.2, 0.25) is 21.8 Å². The molecule has 2 amide bonds. The second-order valence-electron chi connectivity index (χ2n) is 10.2. The average molecular weight is 574 g/mol. The third-order valence-electron chi connectivity index (χ3n) is 7.32. The van der Waals surface area contributed by atoms with Gasteiger partial charge in [-0.25, -0.2) is 8.42 Å². The highest BCUT2D eigenvalue weighted by Crippen LogP contribution is 2.35. The summed E-state index contributed by atoms with van der Waals surface area (Å²) in [6.45, 7) is 2.24. The molecule has 11 heteroatoms. The lowest BCUT2D eigenvalue weighted by atomic mass is 9.95. The maximum Gasteiger partial charge on any atom is 0.244 e. The highest BCUT2D eigenvalue weighted by atomic mass is 32.2. The summed E-state index contributed by atoms with van der Waals surface area (Å²) in [6, 6.07) is 11.4. The Morgan fingerprint density at radius 3 is 2.45 bits per heavy atom. The molecule has 1 fully saturated rings. The first-order valence-electron chi connectivity index (χ1n) is 13.8. The summed E-state index contributed by atoms with van der Waals surface area (Å²) < 4.78 is 43.4. The lowest BCUT2D eigenvalue weighted by Gasteiger charge is -2.34. The van der Waals surface area contributed by atoms with E-state index in [1.807, 2.05) is 19.1 Å². The van der Waals surface area contributed by atoms with Gasteiger partial charge in [0.05, 0.1) is 19.1 Å². The minimum absolute atomic E-state index is 0.0781. The van der Waals surface area contributed by atoms with Crippen LogP contribution in [-0.2, 0) is 26.2 Å². The summed E-state index contributed by atoms with van der Waals surface area (Å²) in [5, 5.41) is 3.14. The molecule has 0 spiro atoms. The van der Waals surface area contributed by atoms with Crippen LogP contribution in [-0.4, -0.2) is 70.3 Å². The molecule has 0 bridgehead atoms. The zero-order valence-electron chi connectivity index (χ0n) is 23.4. The number of nitrogens with zero attached hydrogens (tertiary/aromatic N) is 2. The second-order valence-corrected chi connectivity index (χ2v) is 12.1. The van der Waals surface area contributed by atoms with Crippen LogP contribution in [0.25, 0.3) is 0 Å². The molecule has 1 heterocycles. The van der Waals surface area contributed by atoms with E-state index in [0.29, 0.717) is 36.9 Å². The summed E-state index contributed by atoms with van der Waals surface area (Å²) in [5.41, 5.74) is 1.04. The molecule has 2 aromatic rings. The van der Waals surface area contributed by atoms with Gasteiger partial charge < -0.3 is 24.4 Å². The van der Waals surface area contributed by atoms with E-state index in [1.54, 1.807) is 37.4 Å². The van der Waals surface area contributed by atoms with Crippen molar-refractivity contribution in [3.8, 4) is 17.2 Å². The number of sulfonamides is 1. The van der Waals surface area contributed by atoms with Gasteiger partial charge in [-0.15, -0.1) is 0 Å². The minimum atomic E-state index is -3.86. The van der Waals surface area contributed by atoms with Gasteiger partial charge in [0, 0.05) is 18.7 Å². The fourth-order valence-electron chi connectivity index (χ4n) is 5.23. The fourth-order valence-corrected chi connectivity index (χ4v) is 6.07. The Balaban J connectivity index is 1.63. The van der Waals surface area contributed by atoms with Crippen LogP contribution in [0.3, 0.4) is 0 Å². The number of fused-ring (bicyclic) bond motifs is 1. The highest BCUT2D eigenvalue weighted by molar-refractivity contribution is 7.92. The Labute approximate surface area is 236 Å². The molecule has 1 saturated carbocycles. The zero-order valence-corrected chi connectivity index (χ0v) is 24.2. The van der Waals surface area contributed by atoms with Crippen molar-refractivity contribution in [3.63, 3.8) is 0 Å². The Kier molecular flexibility index (Phi) is 9.78. The molecule has 40 heavy (non-hydrogen) atoms. The predicted molar refractivity (Wildman–Crippen MR) is 152 cm³/mol. The van der Waals surface area contributed by atoms with E-state index in [4.69, 9.17) is 14.2 Å². The van der Waals surface area contributed by atoms with Gasteiger partial charge in [-0.2, -0.15) is 0 Å². The first kappa shape index (κ1) is 29.5. The molecule has 1 aliphatic heterocycles. The average Bonchev–Trinajstić information content (AvgIpc) is 2.95. The number of ether oxygens (including phenoxy) is 3. The van der Waals surface area contributed by atoms with Gasteiger partial charge in [0.15, 0.2) is 11.5 Å². The molecule has 1 aliphatic carbocycles. The van der Waals surface area contributed by atoms with Gasteiger partial charge in [-0.05, 0) is 49.1 Å². The van der Waals surface area contributed by atoms with Crippen molar-refractivity contribution in [2.45, 2.75) is 64.1 Å². The van der Waals surface area contributed by atoms with E-state index in [2.05, 4.69) is 5.32 Å². The van der Waals surface area contributed by atoms with Crippen LogP contribution in [0.4, 0.5) is 5.69 Å². The monoisotopic (exact) mass is 573 g/mol. The predicted octanol–water partition coefficient (Wildman–Crippen LogP) is 3.49. The van der Waals surface area contributed by atoms with Crippen molar-refractivity contribution in [3.05, 3.63) is 48.0 Å². The maximum atomic E-state index is 14.0. The van der Waals surface area contributed by atoms with E-state index in [1.165, 1.54) is 4.90 Å². The summed E-state index contributed by atoms with van der Waals surface area (Å²) in [4.78, 5) is 29.0. The van der Waals surface area contributed by atoms with Crippen LogP contribution < -0.4 is 23.8 Å². The lowest BCUT2D eigenvalue weighted by molar-refractivity contribution is -0.140. The van der Waals surface area contributed by atoms with Crippen LogP contribution >= 0.6 is 0 Å². The number of nitrogens with one attached hydrogen (secondary N) is 1. The van der Waals surface area contributed by atoms with Crippen molar-refractivity contribution < 1.29 is 32.2 Å². The van der Waals surface area contributed by atoms with E-state index in [-0.39, 0.29) is 24.2 Å². The molecule has 0 saturated heterocycles. The summed E-state index contributed by atoms with van der Waals surface area (Å²) in [7, 11) is -2.30. The number of anilines is 1. The lowest BCUT2D eigenvalue weighted by Crippen LogP contribution is -2.53. The van der Waals surface area contributed by atoms with Crippen LogP contribution in [0.1, 0.15) is 51.0 Å². The van der Waals surface area contributed by atoms with E-state index in [0.717, 1.165) is 48.2 Å². The summed E-state index contributed by atoms with van der Waals surface area (Å²) in [5.74, 6) is 0.833. The Morgan fingerprint density at radius 1 is 1.05 bits per heavy atom. The van der Waals surface area contributed by atoms with Crippen LogP contribution in [0.15, 0.2) is 42.5 Å². The molecule has 0 unspecified atom stereocenters. The second kappa shape index (κ2) is 13.3. The molecule has 218 valence electrons. The van der Waals surface area contributed by atoms with Crippen molar-refractivity contribution >= 4 is 27.5 Å². The molecule has 10 nitrogen and oxygen atoms in total. The number of benzene rings is 2. The number of carbonyl (C=O) groups excluding carboxylic acids is 2. The van der Waals surface area contributed by atoms with Crippen LogP contribution in [0, 0.1) is 0 Å². The standard InChI is InChI=1S/C29H39N3O7S/c1-4-25(29(34)30-22-10-6-5-7-11-22)31(19-21-9-8-12-24(17-21)37-2)28(33)20-32(40(3,35)36)23-13-14-26-27(18-23)39-16-15-38-26/h8-9,12-14,17-18,22,25H,4-7,10-11,15-16,19-20H2,1-3H3,(H,30,34)/t25-/m1/s1. The van der Waals surface area contributed by atoms with Crippen LogP contribution in [0.5, 0.6) is 17.2 Å². The Bertz CT molecular complexity index is 1290. The molecule has 4 rings (SSSR count). The molecule has 0 radical (unpaired) electrons. The highest BCUT2D eigenvalue weighted by Gasteiger charge is 2.33. The van der Waals surface area contributed by atoms with Crippen molar-refractivity contribution in [1.82, 2.24) is 10.2 Å². The molecule has 2 aliphatic rings. The molecule has 2 aromatic carbocycles. The first-order chi connectivity index (χ1) is 19.2. The van der Waals surface area contributed by atoms with E-state index >= 15 is 0 Å². The summed E-state index contributed by atoms with van der Waals surface area (Å²) >= 11 is 0. The number of rotatable bonds is 11. The topological polar surface area (TPSA) is 114 Å². The van der Waals surface area contributed by atoms with Gasteiger partial charge in [0.25, 0.3) is 0 Å². The van der Waals surface area contributed by atoms with Crippen molar-refractivity contribution in [2.75, 3.05) is 37.4 Å². The minimum Gasteiger partial charge on any atom is -0.497 e. The third kappa shape index (κ3) is 7.38. The van der Waals surface area contributed by atoms with Crippen molar-refractivity contribution in [1.29, 1.82) is 0 Å². The largest absolute Gasteiger partial charge is 0.497 e. The normalized spacial score (nSPS) is 16.1. The molecule has 1 atom stereocenters. The smallest absolute Gasteiger partial charge is 0.244 e. The number of amides is 2. The zero-order chi connectivity index (χ0) is 28.7. The van der Waals surface area contributed by atoms with E-state index in [9.17, 15) is 18.0 Å². The number of carbonyl (C=O) groups is 2. The van der Waals surface area contributed by atoms with Crippen molar-refractivity contribution in [2.24, 2.45) is 0 Å². The number of hydrogen-bond donors (Lipinski definition) is 1. The quantitative estimate of drug-likeness (QED) is 0.438. The molecular formula is C29H39N3O7S. The van der Waals surface area contributed by atoms with Gasteiger partial charge >= 0.3 is 0 Å². The maximum absolute atomic E-state index is 14.0. The number of methoxy groups -OCH3 is 1. The fraction of sp³-hybridized carbons (Fsp3) is 0.517. The Morgan fingerprint density at radius 2 is 1.77 bits per heavy atom.